The van der Waals surface area contributed by atoms with Crippen molar-refractivity contribution >= 4 is 23.3 Å². The summed E-state index contributed by atoms with van der Waals surface area (Å²) in [5.74, 6) is 0.303. The number of nitrogens with zero attached hydrogens (tertiary/aromatic N) is 1. The van der Waals surface area contributed by atoms with Gasteiger partial charge in [0.05, 0.1) is 4.88 Å². The third kappa shape index (κ3) is 4.00. The van der Waals surface area contributed by atoms with Crippen molar-refractivity contribution in [3.63, 3.8) is 0 Å². The predicted octanol–water partition coefficient (Wildman–Crippen LogP) is 2.39. The van der Waals surface area contributed by atoms with E-state index in [9.17, 15) is 9.59 Å². The summed E-state index contributed by atoms with van der Waals surface area (Å²) in [6.07, 6.45) is 4.00. The number of thiophene rings is 1. The van der Waals surface area contributed by atoms with E-state index < -0.39 is 0 Å². The molecule has 6 heteroatoms. The average molecular weight is 323 g/mol. The summed E-state index contributed by atoms with van der Waals surface area (Å²) in [6, 6.07) is 1.65. The molecule has 5 nitrogen and oxygen atoms in total. The van der Waals surface area contributed by atoms with Gasteiger partial charge in [-0.1, -0.05) is 20.3 Å². The molecule has 0 saturated carbocycles. The van der Waals surface area contributed by atoms with Gasteiger partial charge >= 0.3 is 6.03 Å². The van der Waals surface area contributed by atoms with Gasteiger partial charge in [0.15, 0.2) is 0 Å². The molecular weight excluding hydrogens is 298 g/mol. The summed E-state index contributed by atoms with van der Waals surface area (Å²) in [4.78, 5) is 27.2. The van der Waals surface area contributed by atoms with Crippen LogP contribution in [0.25, 0.3) is 0 Å². The number of carbonyl (C=O) groups is 2. The summed E-state index contributed by atoms with van der Waals surface area (Å²) >= 11 is 1.61. The minimum atomic E-state index is -0.371. The van der Waals surface area contributed by atoms with Gasteiger partial charge in [0, 0.05) is 24.5 Å². The molecule has 2 heterocycles. The fourth-order valence-electron chi connectivity index (χ4n) is 2.84. The van der Waals surface area contributed by atoms with Crippen molar-refractivity contribution in [2.75, 3.05) is 19.6 Å². The van der Waals surface area contributed by atoms with Crippen molar-refractivity contribution in [1.82, 2.24) is 10.2 Å². The zero-order valence-electron chi connectivity index (χ0n) is 13.4. The van der Waals surface area contributed by atoms with Crippen LogP contribution in [0.5, 0.6) is 0 Å². The molecule has 0 unspecified atom stereocenters. The first-order valence-electron chi connectivity index (χ1n) is 7.99. The van der Waals surface area contributed by atoms with E-state index in [0.717, 1.165) is 30.6 Å². The Labute approximate surface area is 135 Å². The first kappa shape index (κ1) is 16.8. The van der Waals surface area contributed by atoms with Gasteiger partial charge in [0.1, 0.15) is 0 Å². The van der Waals surface area contributed by atoms with Crippen LogP contribution >= 0.6 is 11.3 Å². The largest absolute Gasteiger partial charge is 0.351 e. The number of urea groups is 1. The topological polar surface area (TPSA) is 75.4 Å². The van der Waals surface area contributed by atoms with E-state index in [2.05, 4.69) is 19.2 Å². The molecule has 1 aromatic heterocycles. The van der Waals surface area contributed by atoms with Gasteiger partial charge in [0.2, 0.25) is 0 Å². The minimum Gasteiger partial charge on any atom is -0.351 e. The lowest BCUT2D eigenvalue weighted by Gasteiger charge is -2.13. The van der Waals surface area contributed by atoms with Crippen molar-refractivity contribution < 1.29 is 9.59 Å². The molecule has 0 aromatic carbocycles. The van der Waals surface area contributed by atoms with E-state index in [0.29, 0.717) is 25.6 Å². The lowest BCUT2D eigenvalue weighted by atomic mass is 10.1. The molecule has 1 aliphatic heterocycles. The van der Waals surface area contributed by atoms with Crippen LogP contribution in [-0.2, 0) is 12.8 Å². The van der Waals surface area contributed by atoms with E-state index in [4.69, 9.17) is 5.73 Å². The smallest absolute Gasteiger partial charge is 0.314 e. The van der Waals surface area contributed by atoms with Crippen LogP contribution in [-0.4, -0.2) is 36.5 Å². The quantitative estimate of drug-likeness (QED) is 0.843. The molecular formula is C16H25N3O2S. The number of hydrogen-bond acceptors (Lipinski definition) is 3. The Hall–Kier alpha value is -1.56. The molecule has 1 fully saturated rings. The number of rotatable bonds is 6. The van der Waals surface area contributed by atoms with Crippen molar-refractivity contribution in [2.45, 2.75) is 39.5 Å². The molecule has 2 rings (SSSR count). The number of aryl methyl sites for hydroxylation is 2. The number of likely N-dealkylation sites (tertiary alicyclic amines) is 1. The van der Waals surface area contributed by atoms with Gasteiger partial charge < -0.3 is 16.0 Å². The molecule has 1 aliphatic rings. The molecule has 1 atom stereocenters. The highest BCUT2D eigenvalue weighted by atomic mass is 32.1. The van der Waals surface area contributed by atoms with Crippen LogP contribution in [0, 0.1) is 5.92 Å². The molecule has 122 valence electrons. The van der Waals surface area contributed by atoms with Crippen LogP contribution in [0.2, 0.25) is 0 Å². The second-order valence-corrected chi connectivity index (χ2v) is 6.95. The van der Waals surface area contributed by atoms with Crippen LogP contribution in [0.15, 0.2) is 6.07 Å². The lowest BCUT2D eigenvalue weighted by Crippen LogP contribution is -2.35. The van der Waals surface area contributed by atoms with Crippen molar-refractivity contribution in [1.29, 1.82) is 0 Å². The fraction of sp³-hybridized carbons (Fsp3) is 0.625. The second-order valence-electron chi connectivity index (χ2n) is 5.81. The number of nitrogens with two attached hydrogens (primary N) is 1. The first-order chi connectivity index (χ1) is 10.5. The van der Waals surface area contributed by atoms with E-state index >= 15 is 0 Å². The Bertz CT molecular complexity index is 541. The summed E-state index contributed by atoms with van der Waals surface area (Å²) in [7, 11) is 0. The lowest BCUT2D eigenvalue weighted by molar-refractivity contribution is 0.0952. The minimum absolute atomic E-state index is 0.000391. The second kappa shape index (κ2) is 7.63. The van der Waals surface area contributed by atoms with E-state index in [1.165, 1.54) is 10.4 Å². The van der Waals surface area contributed by atoms with Crippen molar-refractivity contribution in [2.24, 2.45) is 11.7 Å². The van der Waals surface area contributed by atoms with Crippen LogP contribution in [0.3, 0.4) is 0 Å². The highest BCUT2D eigenvalue weighted by molar-refractivity contribution is 7.14. The number of nitrogens with one attached hydrogen (secondary N) is 1. The number of amides is 3. The Morgan fingerprint density at radius 2 is 2.23 bits per heavy atom. The molecule has 0 aliphatic carbocycles. The zero-order valence-corrected chi connectivity index (χ0v) is 14.2. The van der Waals surface area contributed by atoms with Gasteiger partial charge in [-0.3, -0.25) is 4.79 Å². The Kier molecular flexibility index (Phi) is 5.83. The van der Waals surface area contributed by atoms with Gasteiger partial charge in [-0.2, -0.15) is 0 Å². The highest BCUT2D eigenvalue weighted by Crippen LogP contribution is 2.25. The van der Waals surface area contributed by atoms with Gasteiger partial charge in [-0.05, 0) is 36.8 Å². The molecule has 1 saturated heterocycles. The maximum Gasteiger partial charge on any atom is 0.314 e. The van der Waals surface area contributed by atoms with E-state index in [1.807, 2.05) is 6.07 Å². The molecule has 0 bridgehead atoms. The monoisotopic (exact) mass is 323 g/mol. The Balaban J connectivity index is 1.89. The maximum atomic E-state index is 12.3. The van der Waals surface area contributed by atoms with Crippen LogP contribution < -0.4 is 11.1 Å². The van der Waals surface area contributed by atoms with Crippen LogP contribution in [0.4, 0.5) is 4.79 Å². The van der Waals surface area contributed by atoms with E-state index in [-0.39, 0.29) is 11.9 Å². The third-order valence-electron chi connectivity index (χ3n) is 4.13. The standard InChI is InChI=1S/C16H25N3O2S/c1-3-5-13-12(4-2)8-14(22-13)15(20)18-9-11-6-7-19(10-11)16(17)21/h8,11H,3-7,9-10H2,1-2H3,(H2,17,21)(H,18,20)/t11-/m1/s1. The zero-order chi connectivity index (χ0) is 16.1. The molecule has 0 radical (unpaired) electrons. The molecule has 3 N–H and O–H groups in total. The molecule has 0 spiro atoms. The number of hydrogen-bond donors (Lipinski definition) is 2. The summed E-state index contributed by atoms with van der Waals surface area (Å²) in [6.45, 7) is 6.21. The van der Waals surface area contributed by atoms with E-state index in [1.54, 1.807) is 16.2 Å². The van der Waals surface area contributed by atoms with Crippen molar-refractivity contribution in [3.05, 3.63) is 21.4 Å². The van der Waals surface area contributed by atoms with Crippen molar-refractivity contribution in [3.8, 4) is 0 Å². The summed E-state index contributed by atoms with van der Waals surface area (Å²) in [5.41, 5.74) is 6.56. The molecule has 3 amide bonds. The SMILES string of the molecule is CCCc1sc(C(=O)NC[C@H]2CCN(C(N)=O)C2)cc1CC. The number of carbonyl (C=O) groups excluding carboxylic acids is 2. The molecule has 22 heavy (non-hydrogen) atoms. The van der Waals surface area contributed by atoms with Gasteiger partial charge in [-0.25, -0.2) is 4.79 Å². The first-order valence-corrected chi connectivity index (χ1v) is 8.80. The highest BCUT2D eigenvalue weighted by Gasteiger charge is 2.25. The maximum absolute atomic E-state index is 12.3. The third-order valence-corrected chi connectivity index (χ3v) is 5.36. The van der Waals surface area contributed by atoms with Gasteiger partial charge in [0.25, 0.3) is 5.91 Å². The van der Waals surface area contributed by atoms with Crippen LogP contribution in [0.1, 0.15) is 46.8 Å². The van der Waals surface area contributed by atoms with Gasteiger partial charge in [-0.15, -0.1) is 11.3 Å². The fourth-order valence-corrected chi connectivity index (χ4v) is 4.11. The molecule has 1 aromatic rings. The predicted molar refractivity (Wildman–Crippen MR) is 89.3 cm³/mol. The summed E-state index contributed by atoms with van der Waals surface area (Å²) in [5, 5.41) is 3.00. The normalized spacial score (nSPS) is 17.7. The summed E-state index contributed by atoms with van der Waals surface area (Å²) < 4.78 is 0. The Morgan fingerprint density at radius 3 is 2.82 bits per heavy atom. The Morgan fingerprint density at radius 1 is 1.45 bits per heavy atom. The number of primary amides is 1. The average Bonchev–Trinajstić information content (AvgIpc) is 3.12.